The van der Waals surface area contributed by atoms with E-state index in [2.05, 4.69) is 9.98 Å². The van der Waals surface area contributed by atoms with Gasteiger partial charge in [0, 0.05) is 5.56 Å². The first kappa shape index (κ1) is 13.8. The molecule has 7 heteroatoms. The van der Waals surface area contributed by atoms with Crippen molar-refractivity contribution in [3.63, 3.8) is 0 Å². The number of rotatable bonds is 2. The van der Waals surface area contributed by atoms with E-state index in [1.165, 1.54) is 12.1 Å². The lowest BCUT2D eigenvalue weighted by Crippen LogP contribution is -2.33. The van der Waals surface area contributed by atoms with Crippen molar-refractivity contribution in [1.82, 2.24) is 0 Å². The minimum absolute atomic E-state index is 0.0880. The van der Waals surface area contributed by atoms with Crippen LogP contribution in [-0.4, -0.2) is 17.4 Å². The average molecular weight is 285 g/mol. The minimum Gasteiger partial charge on any atom is -0.390 e. The van der Waals surface area contributed by atoms with Gasteiger partial charge in [0.2, 0.25) is 5.96 Å². The number of nitrogens with zero attached hydrogens (tertiary/aromatic N) is 2. The van der Waals surface area contributed by atoms with Crippen LogP contribution in [0.25, 0.3) is 0 Å². The highest BCUT2D eigenvalue weighted by atomic mass is 35.5. The molecule has 0 saturated heterocycles. The highest BCUT2D eigenvalue weighted by Crippen LogP contribution is 2.46. The van der Waals surface area contributed by atoms with E-state index in [0.717, 1.165) is 12.8 Å². The second-order valence-corrected chi connectivity index (χ2v) is 4.82. The van der Waals surface area contributed by atoms with Gasteiger partial charge in [-0.1, -0.05) is 11.6 Å². The fourth-order valence-electron chi connectivity index (χ4n) is 2.01. The zero-order valence-electron chi connectivity index (χ0n) is 10.1. The minimum atomic E-state index is -1.07. The Labute approximate surface area is 114 Å². The lowest BCUT2D eigenvalue weighted by Gasteiger charge is -2.37. The van der Waals surface area contributed by atoms with E-state index in [9.17, 15) is 9.50 Å². The highest BCUT2D eigenvalue weighted by Gasteiger charge is 2.38. The molecule has 0 aliphatic heterocycles. The second-order valence-electron chi connectivity index (χ2n) is 4.42. The number of guanidine groups is 1. The second kappa shape index (κ2) is 5.14. The van der Waals surface area contributed by atoms with Crippen LogP contribution >= 0.6 is 11.6 Å². The van der Waals surface area contributed by atoms with Crippen LogP contribution < -0.4 is 11.5 Å². The number of hydrogen-bond donors (Lipinski definition) is 3. The van der Waals surface area contributed by atoms with Gasteiger partial charge in [-0.15, -0.1) is 0 Å². The molecule has 1 aliphatic carbocycles. The Balaban J connectivity index is 2.52. The van der Waals surface area contributed by atoms with Gasteiger partial charge in [0.25, 0.3) is 0 Å². The molecular formula is C12H14ClFN4O. The standard InChI is InChI=1S/C12H14ClFN4O/c13-8-5-10(18-11(16)17-6-15)7(4-9(8)14)12(19)2-1-3-12/h4-6,19H,1-3H2,(H4,15,16,17,18). The van der Waals surface area contributed by atoms with E-state index in [-0.39, 0.29) is 11.0 Å². The summed E-state index contributed by atoms with van der Waals surface area (Å²) >= 11 is 5.73. The molecule has 0 bridgehead atoms. The summed E-state index contributed by atoms with van der Waals surface area (Å²) in [7, 11) is 0. The first-order valence-corrected chi connectivity index (χ1v) is 6.14. The van der Waals surface area contributed by atoms with Gasteiger partial charge in [-0.3, -0.25) is 0 Å². The van der Waals surface area contributed by atoms with Crippen molar-refractivity contribution in [2.45, 2.75) is 24.9 Å². The van der Waals surface area contributed by atoms with E-state index in [0.29, 0.717) is 24.1 Å². The molecule has 0 radical (unpaired) electrons. The van der Waals surface area contributed by atoms with Crippen molar-refractivity contribution >= 4 is 29.6 Å². The van der Waals surface area contributed by atoms with Gasteiger partial charge in [0.05, 0.1) is 22.6 Å². The zero-order chi connectivity index (χ0) is 14.0. The topological polar surface area (TPSA) is 97.0 Å². The maximum atomic E-state index is 13.6. The first-order chi connectivity index (χ1) is 8.96. The van der Waals surface area contributed by atoms with E-state index >= 15 is 0 Å². The summed E-state index contributed by atoms with van der Waals surface area (Å²) in [5.41, 5.74) is 10.2. The van der Waals surface area contributed by atoms with Crippen LogP contribution in [0.5, 0.6) is 0 Å². The summed E-state index contributed by atoms with van der Waals surface area (Å²) in [4.78, 5) is 7.61. The summed E-state index contributed by atoms with van der Waals surface area (Å²) < 4.78 is 13.6. The predicted molar refractivity (Wildman–Crippen MR) is 73.1 cm³/mol. The average Bonchev–Trinajstić information content (AvgIpc) is 2.31. The maximum absolute atomic E-state index is 13.6. The normalized spacial score (nSPS) is 18.6. The predicted octanol–water partition coefficient (Wildman–Crippen LogP) is 1.78. The molecule has 1 aliphatic rings. The molecule has 5 nitrogen and oxygen atoms in total. The summed E-state index contributed by atoms with van der Waals surface area (Å²) in [5, 5.41) is 10.2. The lowest BCUT2D eigenvalue weighted by atomic mass is 9.74. The quantitative estimate of drug-likeness (QED) is 0.570. The number of aliphatic hydroxyl groups is 1. The van der Waals surface area contributed by atoms with Crippen molar-refractivity contribution < 1.29 is 9.50 Å². The molecule has 0 unspecified atom stereocenters. The molecule has 1 aromatic rings. The SMILES string of the molecule is NC=NC(N)=Nc1cc(Cl)c(F)cc1C1(O)CCC1. The molecule has 2 rings (SSSR count). The molecule has 1 saturated carbocycles. The lowest BCUT2D eigenvalue weighted by molar-refractivity contribution is -0.0384. The van der Waals surface area contributed by atoms with Gasteiger partial charge in [0.15, 0.2) is 0 Å². The fraction of sp³-hybridized carbons (Fsp3) is 0.333. The molecule has 5 N–H and O–H groups in total. The van der Waals surface area contributed by atoms with Gasteiger partial charge in [-0.05, 0) is 31.4 Å². The van der Waals surface area contributed by atoms with Gasteiger partial charge in [0.1, 0.15) is 5.82 Å². The van der Waals surface area contributed by atoms with Gasteiger partial charge in [-0.25, -0.2) is 14.4 Å². The van der Waals surface area contributed by atoms with E-state index in [1.54, 1.807) is 0 Å². The Kier molecular flexibility index (Phi) is 3.73. The number of aliphatic imine (C=N–C) groups is 2. The van der Waals surface area contributed by atoms with Crippen LogP contribution in [0, 0.1) is 5.82 Å². The summed E-state index contributed by atoms with van der Waals surface area (Å²) in [6.07, 6.45) is 2.98. The van der Waals surface area contributed by atoms with Crippen molar-refractivity contribution in [1.29, 1.82) is 0 Å². The molecule has 0 aromatic heterocycles. The summed E-state index contributed by atoms with van der Waals surface area (Å²) in [5.74, 6) is -0.689. The fourth-order valence-corrected chi connectivity index (χ4v) is 2.17. The molecule has 1 fully saturated rings. The van der Waals surface area contributed by atoms with Crippen LogP contribution in [0.2, 0.25) is 5.02 Å². The van der Waals surface area contributed by atoms with Gasteiger partial charge in [-0.2, -0.15) is 0 Å². The molecule has 19 heavy (non-hydrogen) atoms. The Morgan fingerprint density at radius 3 is 2.68 bits per heavy atom. The molecule has 1 aromatic carbocycles. The Bertz CT molecular complexity index is 555. The Morgan fingerprint density at radius 2 is 2.16 bits per heavy atom. The van der Waals surface area contributed by atoms with Crippen molar-refractivity contribution in [2.75, 3.05) is 0 Å². The highest BCUT2D eigenvalue weighted by molar-refractivity contribution is 6.31. The molecule has 0 spiro atoms. The summed E-state index contributed by atoms with van der Waals surface area (Å²) in [6, 6.07) is 2.52. The van der Waals surface area contributed by atoms with Gasteiger partial charge >= 0.3 is 0 Å². The Morgan fingerprint density at radius 1 is 1.47 bits per heavy atom. The largest absolute Gasteiger partial charge is 0.390 e. The van der Waals surface area contributed by atoms with Crippen molar-refractivity contribution in [3.8, 4) is 0 Å². The smallest absolute Gasteiger partial charge is 0.221 e. The molecule has 0 atom stereocenters. The number of nitrogens with two attached hydrogens (primary N) is 2. The van der Waals surface area contributed by atoms with Gasteiger partial charge < -0.3 is 16.6 Å². The van der Waals surface area contributed by atoms with Crippen LogP contribution in [0.1, 0.15) is 24.8 Å². The number of benzene rings is 1. The molecular weight excluding hydrogens is 271 g/mol. The molecule has 0 heterocycles. The van der Waals surface area contributed by atoms with Crippen molar-refractivity contribution in [2.24, 2.45) is 21.5 Å². The number of hydrogen-bond acceptors (Lipinski definition) is 2. The van der Waals surface area contributed by atoms with E-state index in [1.807, 2.05) is 0 Å². The van der Waals surface area contributed by atoms with Crippen LogP contribution in [0.15, 0.2) is 22.1 Å². The van der Waals surface area contributed by atoms with E-state index in [4.69, 9.17) is 23.1 Å². The zero-order valence-corrected chi connectivity index (χ0v) is 10.9. The third-order valence-corrected chi connectivity index (χ3v) is 3.45. The van der Waals surface area contributed by atoms with Crippen molar-refractivity contribution in [3.05, 3.63) is 28.5 Å². The molecule has 102 valence electrons. The van der Waals surface area contributed by atoms with Crippen LogP contribution in [0.4, 0.5) is 10.1 Å². The maximum Gasteiger partial charge on any atom is 0.221 e. The summed E-state index contributed by atoms with van der Waals surface area (Å²) in [6.45, 7) is 0. The first-order valence-electron chi connectivity index (χ1n) is 5.76. The third kappa shape index (κ3) is 2.69. The number of halogens is 2. The molecule has 0 amide bonds. The monoisotopic (exact) mass is 284 g/mol. The van der Waals surface area contributed by atoms with Crippen LogP contribution in [-0.2, 0) is 5.60 Å². The van der Waals surface area contributed by atoms with E-state index < -0.39 is 11.4 Å². The van der Waals surface area contributed by atoms with Crippen LogP contribution in [0.3, 0.4) is 0 Å². The third-order valence-electron chi connectivity index (χ3n) is 3.16. The Hall–Kier alpha value is -1.66.